The van der Waals surface area contributed by atoms with Gasteiger partial charge < -0.3 is 9.84 Å². The van der Waals surface area contributed by atoms with Crippen LogP contribution in [0.3, 0.4) is 0 Å². The fourth-order valence-electron chi connectivity index (χ4n) is 2.96. The fraction of sp³-hybridized carbons (Fsp3) is 0.562. The van der Waals surface area contributed by atoms with Crippen molar-refractivity contribution in [3.63, 3.8) is 0 Å². The molecule has 0 amide bonds. The SMILES string of the molecule is CCN1CCN(Cc2cc(C(=O)O)ccc2OC)CC1C. The van der Waals surface area contributed by atoms with Crippen LogP contribution in [-0.4, -0.2) is 60.2 Å². The molecule has 1 saturated heterocycles. The van der Waals surface area contributed by atoms with Crippen LogP contribution in [0.2, 0.25) is 0 Å². The maximum absolute atomic E-state index is 11.1. The molecule has 5 nitrogen and oxygen atoms in total. The minimum atomic E-state index is -0.900. The third-order valence-electron chi connectivity index (χ3n) is 4.18. The van der Waals surface area contributed by atoms with Crippen LogP contribution in [-0.2, 0) is 6.54 Å². The van der Waals surface area contributed by atoms with E-state index in [0.717, 1.165) is 44.0 Å². The van der Waals surface area contributed by atoms with Crippen LogP contribution in [0, 0.1) is 0 Å². The van der Waals surface area contributed by atoms with Gasteiger partial charge in [-0.05, 0) is 31.7 Å². The highest BCUT2D eigenvalue weighted by atomic mass is 16.5. The number of carbonyl (C=O) groups is 1. The lowest BCUT2D eigenvalue weighted by atomic mass is 10.1. The molecule has 1 aliphatic heterocycles. The zero-order chi connectivity index (χ0) is 15.4. The number of nitrogens with zero attached hydrogens (tertiary/aromatic N) is 2. The van der Waals surface area contributed by atoms with Gasteiger partial charge in [-0.15, -0.1) is 0 Å². The molecule has 1 aromatic carbocycles. The summed E-state index contributed by atoms with van der Waals surface area (Å²) >= 11 is 0. The summed E-state index contributed by atoms with van der Waals surface area (Å²) in [6, 6.07) is 5.57. The number of methoxy groups -OCH3 is 1. The van der Waals surface area contributed by atoms with Crippen LogP contribution >= 0.6 is 0 Å². The molecule has 1 fully saturated rings. The lowest BCUT2D eigenvalue weighted by Crippen LogP contribution is -2.51. The fourth-order valence-corrected chi connectivity index (χ4v) is 2.96. The first-order valence-corrected chi connectivity index (χ1v) is 7.41. The lowest BCUT2D eigenvalue weighted by molar-refractivity contribution is 0.0695. The van der Waals surface area contributed by atoms with E-state index in [2.05, 4.69) is 23.6 Å². The first-order valence-electron chi connectivity index (χ1n) is 7.41. The molecular formula is C16H24N2O3. The summed E-state index contributed by atoms with van der Waals surface area (Å²) in [6.07, 6.45) is 0. The van der Waals surface area contributed by atoms with Crippen LogP contribution in [0.15, 0.2) is 18.2 Å². The molecule has 0 aliphatic carbocycles. The molecule has 2 rings (SSSR count). The molecular weight excluding hydrogens is 268 g/mol. The number of rotatable bonds is 5. The number of aromatic carboxylic acids is 1. The normalized spacial score (nSPS) is 20.4. The molecule has 1 atom stereocenters. The van der Waals surface area contributed by atoms with Gasteiger partial charge in [-0.25, -0.2) is 4.79 Å². The van der Waals surface area contributed by atoms with Gasteiger partial charge in [-0.2, -0.15) is 0 Å². The molecule has 1 aromatic rings. The minimum absolute atomic E-state index is 0.311. The number of ether oxygens (including phenoxy) is 1. The Morgan fingerprint density at radius 1 is 1.43 bits per heavy atom. The molecule has 0 aromatic heterocycles. The van der Waals surface area contributed by atoms with Gasteiger partial charge >= 0.3 is 5.97 Å². The van der Waals surface area contributed by atoms with Gasteiger partial charge in [0, 0.05) is 37.8 Å². The Bertz CT molecular complexity index is 504. The van der Waals surface area contributed by atoms with Crippen molar-refractivity contribution in [2.24, 2.45) is 0 Å². The number of hydrogen-bond acceptors (Lipinski definition) is 4. The van der Waals surface area contributed by atoms with Crippen molar-refractivity contribution in [2.45, 2.75) is 26.4 Å². The lowest BCUT2D eigenvalue weighted by Gasteiger charge is -2.39. The van der Waals surface area contributed by atoms with E-state index in [-0.39, 0.29) is 0 Å². The monoisotopic (exact) mass is 292 g/mol. The predicted octanol–water partition coefficient (Wildman–Crippen LogP) is 1.92. The zero-order valence-electron chi connectivity index (χ0n) is 13.0. The van der Waals surface area contributed by atoms with E-state index in [4.69, 9.17) is 9.84 Å². The van der Waals surface area contributed by atoms with Gasteiger partial charge in [-0.3, -0.25) is 9.80 Å². The third kappa shape index (κ3) is 3.74. The van der Waals surface area contributed by atoms with Crippen LogP contribution < -0.4 is 4.74 Å². The highest BCUT2D eigenvalue weighted by Crippen LogP contribution is 2.23. The summed E-state index contributed by atoms with van der Waals surface area (Å²) in [7, 11) is 1.62. The van der Waals surface area contributed by atoms with Crippen molar-refractivity contribution in [1.82, 2.24) is 9.80 Å². The maximum atomic E-state index is 11.1. The highest BCUT2D eigenvalue weighted by Gasteiger charge is 2.23. The Kier molecular flexibility index (Phi) is 5.20. The number of hydrogen-bond donors (Lipinski definition) is 1. The Hall–Kier alpha value is -1.59. The molecule has 1 N–H and O–H groups in total. The van der Waals surface area contributed by atoms with Crippen molar-refractivity contribution < 1.29 is 14.6 Å². The summed E-state index contributed by atoms with van der Waals surface area (Å²) < 4.78 is 5.36. The van der Waals surface area contributed by atoms with Crippen LogP contribution in [0.4, 0.5) is 0 Å². The van der Waals surface area contributed by atoms with Gasteiger partial charge in [0.2, 0.25) is 0 Å². The molecule has 21 heavy (non-hydrogen) atoms. The van der Waals surface area contributed by atoms with Crippen molar-refractivity contribution in [1.29, 1.82) is 0 Å². The molecule has 1 unspecified atom stereocenters. The molecule has 5 heteroatoms. The summed E-state index contributed by atoms with van der Waals surface area (Å²) in [5.41, 5.74) is 1.25. The predicted molar refractivity (Wildman–Crippen MR) is 81.9 cm³/mol. The van der Waals surface area contributed by atoms with Crippen LogP contribution in [0.25, 0.3) is 0 Å². The second-order valence-electron chi connectivity index (χ2n) is 5.54. The number of carboxylic acid groups (broad SMARTS) is 1. The third-order valence-corrected chi connectivity index (χ3v) is 4.18. The second-order valence-corrected chi connectivity index (χ2v) is 5.54. The minimum Gasteiger partial charge on any atom is -0.496 e. The van der Waals surface area contributed by atoms with Crippen molar-refractivity contribution >= 4 is 5.97 Å². The smallest absolute Gasteiger partial charge is 0.335 e. The van der Waals surface area contributed by atoms with E-state index >= 15 is 0 Å². The highest BCUT2D eigenvalue weighted by molar-refractivity contribution is 5.88. The number of likely N-dealkylation sites (N-methyl/N-ethyl adjacent to an activating group) is 1. The van der Waals surface area contributed by atoms with Crippen molar-refractivity contribution in [3.8, 4) is 5.75 Å². The molecule has 0 spiro atoms. The summed E-state index contributed by atoms with van der Waals surface area (Å²) in [5.74, 6) is -0.145. The van der Waals surface area contributed by atoms with Gasteiger partial charge in [0.05, 0.1) is 12.7 Å². The van der Waals surface area contributed by atoms with Gasteiger partial charge in [0.1, 0.15) is 5.75 Å². The summed E-state index contributed by atoms with van der Waals surface area (Å²) in [4.78, 5) is 15.9. The molecule has 1 heterocycles. The van der Waals surface area contributed by atoms with E-state index in [0.29, 0.717) is 11.6 Å². The Balaban J connectivity index is 2.11. The summed E-state index contributed by atoms with van der Waals surface area (Å²) in [6.45, 7) is 9.27. The van der Waals surface area contributed by atoms with E-state index in [1.54, 1.807) is 25.3 Å². The van der Waals surface area contributed by atoms with E-state index < -0.39 is 5.97 Å². The topological polar surface area (TPSA) is 53.0 Å². The molecule has 0 radical (unpaired) electrons. The zero-order valence-corrected chi connectivity index (χ0v) is 13.0. The average molecular weight is 292 g/mol. The molecule has 0 saturated carbocycles. The van der Waals surface area contributed by atoms with Crippen LogP contribution in [0.5, 0.6) is 5.75 Å². The van der Waals surface area contributed by atoms with Crippen molar-refractivity contribution in [3.05, 3.63) is 29.3 Å². The van der Waals surface area contributed by atoms with Gasteiger partial charge in [-0.1, -0.05) is 6.92 Å². The molecule has 0 bridgehead atoms. The Morgan fingerprint density at radius 3 is 2.76 bits per heavy atom. The van der Waals surface area contributed by atoms with Gasteiger partial charge in [0.15, 0.2) is 0 Å². The van der Waals surface area contributed by atoms with Gasteiger partial charge in [0.25, 0.3) is 0 Å². The average Bonchev–Trinajstić information content (AvgIpc) is 2.47. The largest absolute Gasteiger partial charge is 0.496 e. The summed E-state index contributed by atoms with van der Waals surface area (Å²) in [5, 5.41) is 9.13. The first kappa shape index (κ1) is 15.8. The van der Waals surface area contributed by atoms with E-state index in [9.17, 15) is 4.79 Å². The first-order chi connectivity index (χ1) is 10.0. The molecule has 1 aliphatic rings. The standard InChI is InChI=1S/C16H24N2O3/c1-4-18-8-7-17(10-12(18)2)11-14-9-13(16(19)20)5-6-15(14)21-3/h5-6,9,12H,4,7-8,10-11H2,1-3H3,(H,19,20). The number of benzene rings is 1. The second kappa shape index (κ2) is 6.91. The van der Waals surface area contributed by atoms with E-state index in [1.165, 1.54) is 0 Å². The van der Waals surface area contributed by atoms with Crippen molar-refractivity contribution in [2.75, 3.05) is 33.3 Å². The van der Waals surface area contributed by atoms with Crippen LogP contribution in [0.1, 0.15) is 29.8 Å². The number of carboxylic acids is 1. The quantitative estimate of drug-likeness (QED) is 0.898. The van der Waals surface area contributed by atoms with E-state index in [1.807, 2.05) is 0 Å². The Morgan fingerprint density at radius 2 is 2.19 bits per heavy atom. The Labute approximate surface area is 126 Å². The maximum Gasteiger partial charge on any atom is 0.335 e. The number of piperazine rings is 1. The molecule has 116 valence electrons.